The molecular formula is C10H14O3S. The summed E-state index contributed by atoms with van der Waals surface area (Å²) in [7, 11) is 1.61. The van der Waals surface area contributed by atoms with E-state index >= 15 is 0 Å². The van der Waals surface area contributed by atoms with Crippen molar-refractivity contribution in [1.29, 1.82) is 0 Å². The van der Waals surface area contributed by atoms with Crippen LogP contribution >= 0.6 is 0 Å². The first-order valence-electron chi connectivity index (χ1n) is 4.24. The number of hydrogen-bond acceptors (Lipinski definition) is 2. The highest BCUT2D eigenvalue weighted by Gasteiger charge is 2.19. The summed E-state index contributed by atoms with van der Waals surface area (Å²) in [6.07, 6.45) is 0. The predicted octanol–water partition coefficient (Wildman–Crippen LogP) is 2.15. The predicted molar refractivity (Wildman–Crippen MR) is 55.5 cm³/mol. The van der Waals surface area contributed by atoms with Crippen molar-refractivity contribution in [2.24, 2.45) is 0 Å². The first kappa shape index (κ1) is 11.4. The van der Waals surface area contributed by atoms with Crippen LogP contribution in [0.1, 0.15) is 19.4 Å². The zero-order valence-electron chi connectivity index (χ0n) is 8.48. The number of ether oxygens (including phenoxy) is 1. The summed E-state index contributed by atoms with van der Waals surface area (Å²) >= 11 is -1.93. The van der Waals surface area contributed by atoms with Crippen LogP contribution in [0.25, 0.3) is 0 Å². The molecule has 4 heteroatoms. The van der Waals surface area contributed by atoms with E-state index in [1.807, 2.05) is 19.9 Å². The monoisotopic (exact) mass is 214 g/mol. The summed E-state index contributed by atoms with van der Waals surface area (Å²) in [4.78, 5) is 0.396. The molecule has 1 aromatic carbocycles. The van der Waals surface area contributed by atoms with Crippen molar-refractivity contribution in [2.45, 2.75) is 24.3 Å². The van der Waals surface area contributed by atoms with Crippen LogP contribution in [0.4, 0.5) is 0 Å². The zero-order valence-corrected chi connectivity index (χ0v) is 9.30. The van der Waals surface area contributed by atoms with E-state index in [9.17, 15) is 4.21 Å². The molecule has 0 bridgehead atoms. The smallest absolute Gasteiger partial charge is 0.186 e. The van der Waals surface area contributed by atoms with Gasteiger partial charge in [0, 0.05) is 7.11 Å². The maximum absolute atomic E-state index is 10.8. The maximum atomic E-state index is 10.8. The highest BCUT2D eigenvalue weighted by molar-refractivity contribution is 7.79. The van der Waals surface area contributed by atoms with E-state index in [-0.39, 0.29) is 0 Å². The molecule has 0 amide bonds. The first-order valence-corrected chi connectivity index (χ1v) is 5.34. The molecule has 1 unspecified atom stereocenters. The van der Waals surface area contributed by atoms with E-state index in [1.165, 1.54) is 0 Å². The number of hydrogen-bond donors (Lipinski definition) is 1. The topological polar surface area (TPSA) is 46.5 Å². The van der Waals surface area contributed by atoms with Gasteiger partial charge >= 0.3 is 0 Å². The second-order valence-corrected chi connectivity index (χ2v) is 4.46. The number of benzene rings is 1. The quantitative estimate of drug-likeness (QED) is 0.784. The molecule has 0 aliphatic carbocycles. The summed E-state index contributed by atoms with van der Waals surface area (Å²) in [6, 6.07) is 6.92. The van der Waals surface area contributed by atoms with Crippen molar-refractivity contribution < 1.29 is 13.5 Å². The average Bonchev–Trinajstić information content (AvgIpc) is 2.18. The molecule has 0 aliphatic heterocycles. The Balaban J connectivity index is 3.12. The molecule has 14 heavy (non-hydrogen) atoms. The normalized spacial score (nSPS) is 14.0. The summed E-state index contributed by atoms with van der Waals surface area (Å²) in [5.74, 6) is 0. The van der Waals surface area contributed by atoms with Gasteiger partial charge in [0.2, 0.25) is 0 Å². The van der Waals surface area contributed by atoms with Gasteiger partial charge in [0.05, 0.1) is 10.5 Å². The second kappa shape index (κ2) is 4.21. The number of methoxy groups -OCH3 is 1. The Morgan fingerprint density at radius 1 is 1.43 bits per heavy atom. The maximum Gasteiger partial charge on any atom is 0.186 e. The third-order valence-electron chi connectivity index (χ3n) is 2.24. The minimum atomic E-state index is -1.93. The van der Waals surface area contributed by atoms with Gasteiger partial charge in [-0.05, 0) is 31.5 Å². The molecule has 0 aliphatic rings. The fourth-order valence-corrected chi connectivity index (χ4v) is 1.52. The van der Waals surface area contributed by atoms with E-state index in [4.69, 9.17) is 9.29 Å². The molecule has 0 saturated carbocycles. The molecule has 1 rings (SSSR count). The fourth-order valence-electron chi connectivity index (χ4n) is 1.10. The van der Waals surface area contributed by atoms with Crippen LogP contribution < -0.4 is 0 Å². The Hall–Kier alpha value is -0.710. The van der Waals surface area contributed by atoms with E-state index < -0.39 is 16.7 Å². The third kappa shape index (κ3) is 2.41. The Kier molecular flexibility index (Phi) is 3.42. The highest BCUT2D eigenvalue weighted by Crippen LogP contribution is 2.24. The van der Waals surface area contributed by atoms with Gasteiger partial charge in [0.15, 0.2) is 11.1 Å². The fraction of sp³-hybridized carbons (Fsp3) is 0.400. The summed E-state index contributed by atoms with van der Waals surface area (Å²) < 4.78 is 25.0. The van der Waals surface area contributed by atoms with Gasteiger partial charge in [-0.3, -0.25) is 0 Å². The third-order valence-corrected chi connectivity index (χ3v) is 2.90. The Labute approximate surface area is 86.4 Å². The molecule has 0 aromatic heterocycles. The highest BCUT2D eigenvalue weighted by atomic mass is 32.2. The molecule has 0 saturated heterocycles. The molecule has 78 valence electrons. The van der Waals surface area contributed by atoms with Crippen LogP contribution in [-0.2, 0) is 21.4 Å². The van der Waals surface area contributed by atoms with E-state index in [0.29, 0.717) is 4.90 Å². The van der Waals surface area contributed by atoms with Crippen molar-refractivity contribution in [1.82, 2.24) is 0 Å². The van der Waals surface area contributed by atoms with Crippen LogP contribution in [0, 0.1) is 0 Å². The van der Waals surface area contributed by atoms with Crippen LogP contribution in [0.2, 0.25) is 0 Å². The minimum absolute atomic E-state index is 0.396. The lowest BCUT2D eigenvalue weighted by molar-refractivity contribution is 0.0190. The second-order valence-electron chi connectivity index (χ2n) is 3.49. The molecule has 1 N–H and O–H groups in total. The van der Waals surface area contributed by atoms with Crippen LogP contribution in [0.15, 0.2) is 29.2 Å². The van der Waals surface area contributed by atoms with Gasteiger partial charge in [-0.2, -0.15) is 0 Å². The van der Waals surface area contributed by atoms with Crippen LogP contribution in [0.3, 0.4) is 0 Å². The minimum Gasteiger partial charge on any atom is -0.374 e. The molecule has 3 nitrogen and oxygen atoms in total. The van der Waals surface area contributed by atoms with Gasteiger partial charge in [0.25, 0.3) is 0 Å². The van der Waals surface area contributed by atoms with Crippen LogP contribution in [-0.4, -0.2) is 15.9 Å². The molecule has 0 radical (unpaired) electrons. The first-order chi connectivity index (χ1) is 6.47. The Bertz CT molecular complexity index is 347. The lowest BCUT2D eigenvalue weighted by atomic mass is 9.98. The van der Waals surface area contributed by atoms with E-state index in [1.54, 1.807) is 25.3 Å². The standard InChI is InChI=1S/C10H14O3S/c1-10(2,13-3)8-5-4-6-9(7-8)14(11)12/h4-7H,1-3H3,(H,11,12). The molecule has 1 atom stereocenters. The Morgan fingerprint density at radius 2 is 2.07 bits per heavy atom. The largest absolute Gasteiger partial charge is 0.374 e. The molecule has 0 heterocycles. The van der Waals surface area contributed by atoms with Crippen molar-refractivity contribution in [2.75, 3.05) is 7.11 Å². The molecule has 0 fully saturated rings. The number of rotatable bonds is 3. The van der Waals surface area contributed by atoms with Crippen molar-refractivity contribution in [3.63, 3.8) is 0 Å². The summed E-state index contributed by atoms with van der Waals surface area (Å²) in [5.41, 5.74) is 0.454. The van der Waals surface area contributed by atoms with Crippen molar-refractivity contribution in [3.05, 3.63) is 29.8 Å². The lowest BCUT2D eigenvalue weighted by Gasteiger charge is -2.23. The Morgan fingerprint density at radius 3 is 2.57 bits per heavy atom. The zero-order chi connectivity index (χ0) is 10.8. The molecule has 0 spiro atoms. The van der Waals surface area contributed by atoms with Gasteiger partial charge < -0.3 is 9.29 Å². The summed E-state index contributed by atoms with van der Waals surface area (Å²) in [5, 5.41) is 0. The van der Waals surface area contributed by atoms with Crippen LogP contribution in [0.5, 0.6) is 0 Å². The van der Waals surface area contributed by atoms with Gasteiger partial charge in [0.1, 0.15) is 0 Å². The van der Waals surface area contributed by atoms with Crippen molar-refractivity contribution >= 4 is 11.1 Å². The van der Waals surface area contributed by atoms with Gasteiger partial charge in [-0.1, -0.05) is 12.1 Å². The SMILES string of the molecule is COC(C)(C)c1cccc(S(=O)O)c1. The average molecular weight is 214 g/mol. The van der Waals surface area contributed by atoms with Gasteiger partial charge in [-0.15, -0.1) is 0 Å². The molecular weight excluding hydrogens is 200 g/mol. The van der Waals surface area contributed by atoms with Crippen molar-refractivity contribution in [3.8, 4) is 0 Å². The lowest BCUT2D eigenvalue weighted by Crippen LogP contribution is -2.19. The molecule has 1 aromatic rings. The summed E-state index contributed by atoms with van der Waals surface area (Å²) in [6.45, 7) is 3.82. The van der Waals surface area contributed by atoms with Gasteiger partial charge in [-0.25, -0.2) is 4.21 Å². The van der Waals surface area contributed by atoms with E-state index in [0.717, 1.165) is 5.56 Å². The van der Waals surface area contributed by atoms with E-state index in [2.05, 4.69) is 0 Å².